The third-order valence-electron chi connectivity index (χ3n) is 5.01. The van der Waals surface area contributed by atoms with Crippen LogP contribution in [-0.4, -0.2) is 31.8 Å². The zero-order chi connectivity index (χ0) is 22.5. The number of hydrogen-bond donors (Lipinski definition) is 2. The zero-order valence-corrected chi connectivity index (χ0v) is 19.3. The number of aliphatic hydroxyl groups excluding tert-OH is 1. The van der Waals surface area contributed by atoms with E-state index in [0.29, 0.717) is 28.4 Å². The van der Waals surface area contributed by atoms with Crippen LogP contribution in [0.1, 0.15) is 27.8 Å². The van der Waals surface area contributed by atoms with Gasteiger partial charge in [0.05, 0.1) is 18.4 Å². The maximum Gasteiger partial charge on any atom is 0.287 e. The minimum absolute atomic E-state index is 0.00306. The molecule has 32 heavy (non-hydrogen) atoms. The predicted molar refractivity (Wildman–Crippen MR) is 127 cm³/mol. The van der Waals surface area contributed by atoms with Gasteiger partial charge in [-0.2, -0.15) is 0 Å². The normalized spacial score (nSPS) is 12.0. The number of nitrogens with one attached hydrogen (secondary N) is 1. The first-order valence-corrected chi connectivity index (χ1v) is 11.8. The van der Waals surface area contributed by atoms with Crippen LogP contribution in [0.2, 0.25) is 0 Å². The maximum atomic E-state index is 13.0. The third-order valence-corrected chi connectivity index (χ3v) is 7.17. The van der Waals surface area contributed by atoms with Crippen LogP contribution in [0.4, 0.5) is 0 Å². The van der Waals surface area contributed by atoms with Gasteiger partial charge in [-0.25, -0.2) is 0 Å². The van der Waals surface area contributed by atoms with Crippen molar-refractivity contribution in [2.24, 2.45) is 0 Å². The first-order chi connectivity index (χ1) is 15.6. The summed E-state index contributed by atoms with van der Waals surface area (Å²) in [5.74, 6) is 1.61. The van der Waals surface area contributed by atoms with Crippen LogP contribution < -0.4 is 14.8 Å². The Morgan fingerprint density at radius 1 is 1.16 bits per heavy atom. The number of amides is 1. The largest absolute Gasteiger partial charge is 0.497 e. The van der Waals surface area contributed by atoms with E-state index in [1.165, 1.54) is 11.3 Å². The molecule has 0 bridgehead atoms. The number of thioether (sulfide) groups is 1. The number of furan rings is 1. The van der Waals surface area contributed by atoms with Crippen LogP contribution in [0.3, 0.4) is 0 Å². The molecule has 0 spiro atoms. The van der Waals surface area contributed by atoms with Gasteiger partial charge < -0.3 is 24.3 Å². The molecule has 1 unspecified atom stereocenters. The number of carbonyl (C=O) groups excluding carboxylic acids is 1. The number of para-hydroxylation sites is 1. The summed E-state index contributed by atoms with van der Waals surface area (Å²) in [5.41, 5.74) is 2.03. The fourth-order valence-corrected chi connectivity index (χ4v) is 5.21. The van der Waals surface area contributed by atoms with Gasteiger partial charge in [-0.1, -0.05) is 24.3 Å². The average Bonchev–Trinajstić information content (AvgIpc) is 3.48. The zero-order valence-electron chi connectivity index (χ0n) is 17.7. The quantitative estimate of drug-likeness (QED) is 0.325. The van der Waals surface area contributed by atoms with E-state index in [2.05, 4.69) is 11.4 Å². The van der Waals surface area contributed by atoms with E-state index in [1.807, 2.05) is 35.7 Å². The Morgan fingerprint density at radius 2 is 2.00 bits per heavy atom. The fraction of sp³-hybridized carbons (Fsp3) is 0.208. The lowest BCUT2D eigenvalue weighted by Gasteiger charge is -2.16. The molecule has 0 saturated carbocycles. The topological polar surface area (TPSA) is 80.9 Å². The highest BCUT2D eigenvalue weighted by atomic mass is 32.2. The lowest BCUT2D eigenvalue weighted by molar-refractivity contribution is 0.0888. The summed E-state index contributed by atoms with van der Waals surface area (Å²) in [6.45, 7) is -0.00306. The molecule has 4 rings (SSSR count). The molecule has 6 nitrogen and oxygen atoms in total. The Balaban J connectivity index is 1.53. The van der Waals surface area contributed by atoms with Crippen molar-refractivity contribution in [3.63, 3.8) is 0 Å². The van der Waals surface area contributed by atoms with Gasteiger partial charge in [0.15, 0.2) is 5.76 Å². The second-order valence-corrected chi connectivity index (χ2v) is 9.18. The van der Waals surface area contributed by atoms with E-state index in [4.69, 9.17) is 13.9 Å². The Bertz CT molecular complexity index is 1200. The summed E-state index contributed by atoms with van der Waals surface area (Å²) in [5, 5.41) is 16.4. The van der Waals surface area contributed by atoms with Gasteiger partial charge in [-0.05, 0) is 35.7 Å². The molecule has 4 aromatic rings. The first-order valence-electron chi connectivity index (χ1n) is 9.95. The van der Waals surface area contributed by atoms with E-state index >= 15 is 0 Å². The second-order valence-electron chi connectivity index (χ2n) is 6.96. The molecule has 166 valence electrons. The lowest BCUT2D eigenvalue weighted by Crippen LogP contribution is -2.28. The molecule has 0 aliphatic heterocycles. The molecule has 0 aliphatic rings. The van der Waals surface area contributed by atoms with E-state index in [-0.39, 0.29) is 18.2 Å². The molecule has 2 aromatic heterocycles. The van der Waals surface area contributed by atoms with E-state index < -0.39 is 6.10 Å². The Hall–Kier alpha value is -2.94. The lowest BCUT2D eigenvalue weighted by atomic mass is 10.1. The number of fused-ring (bicyclic) bond motifs is 1. The van der Waals surface area contributed by atoms with Crippen molar-refractivity contribution in [2.75, 3.05) is 20.8 Å². The molecular formula is C24H23NO5S2. The van der Waals surface area contributed by atoms with Crippen molar-refractivity contribution in [3.05, 3.63) is 76.9 Å². The number of hydrogen-bond acceptors (Lipinski definition) is 7. The number of benzene rings is 2. The number of methoxy groups -OCH3 is 2. The molecule has 8 heteroatoms. The molecule has 1 atom stereocenters. The SMILES string of the molecule is COc1ccc(OC)c(C(O)CNC(=O)c2oc3ccccc3c2CSc2cccs2)c1. The molecule has 2 aromatic carbocycles. The smallest absolute Gasteiger partial charge is 0.287 e. The number of ether oxygens (including phenoxy) is 2. The van der Waals surface area contributed by atoms with Crippen molar-refractivity contribution in [1.82, 2.24) is 5.32 Å². The summed E-state index contributed by atoms with van der Waals surface area (Å²) in [6, 6.07) is 16.8. The highest BCUT2D eigenvalue weighted by molar-refractivity contribution is 8.00. The van der Waals surface area contributed by atoms with Crippen molar-refractivity contribution in [3.8, 4) is 11.5 Å². The van der Waals surface area contributed by atoms with Crippen molar-refractivity contribution in [2.45, 2.75) is 16.1 Å². The van der Waals surface area contributed by atoms with Gasteiger partial charge in [-0.3, -0.25) is 4.79 Å². The fourth-order valence-electron chi connectivity index (χ4n) is 3.39. The number of rotatable bonds is 9. The van der Waals surface area contributed by atoms with Gasteiger partial charge in [0.1, 0.15) is 23.2 Å². The molecule has 0 saturated heterocycles. The molecule has 0 fully saturated rings. The minimum Gasteiger partial charge on any atom is -0.497 e. The Morgan fingerprint density at radius 3 is 2.75 bits per heavy atom. The highest BCUT2D eigenvalue weighted by Crippen LogP contribution is 2.34. The number of thiophene rings is 1. The molecule has 0 radical (unpaired) electrons. The summed E-state index contributed by atoms with van der Waals surface area (Å²) in [4.78, 5) is 13.0. The van der Waals surface area contributed by atoms with E-state index in [0.717, 1.165) is 10.9 Å². The highest BCUT2D eigenvalue weighted by Gasteiger charge is 2.22. The number of carbonyl (C=O) groups is 1. The monoisotopic (exact) mass is 469 g/mol. The van der Waals surface area contributed by atoms with Crippen LogP contribution in [0, 0.1) is 0 Å². The van der Waals surface area contributed by atoms with E-state index in [1.54, 1.807) is 48.4 Å². The van der Waals surface area contributed by atoms with Crippen molar-refractivity contribution >= 4 is 40.0 Å². The molecular weight excluding hydrogens is 446 g/mol. The van der Waals surface area contributed by atoms with Crippen molar-refractivity contribution < 1.29 is 23.8 Å². The van der Waals surface area contributed by atoms with Gasteiger partial charge in [-0.15, -0.1) is 23.1 Å². The summed E-state index contributed by atoms with van der Waals surface area (Å²) < 4.78 is 17.6. The predicted octanol–water partition coefficient (Wildman–Crippen LogP) is 5.27. The van der Waals surface area contributed by atoms with Gasteiger partial charge in [0, 0.05) is 28.8 Å². The molecule has 1 amide bonds. The van der Waals surface area contributed by atoms with Gasteiger partial charge in [0.25, 0.3) is 5.91 Å². The van der Waals surface area contributed by atoms with Crippen molar-refractivity contribution in [1.29, 1.82) is 0 Å². The van der Waals surface area contributed by atoms with Gasteiger partial charge in [0.2, 0.25) is 0 Å². The van der Waals surface area contributed by atoms with E-state index in [9.17, 15) is 9.90 Å². The first kappa shape index (κ1) is 22.3. The molecule has 0 aliphatic carbocycles. The summed E-state index contributed by atoms with van der Waals surface area (Å²) in [7, 11) is 3.08. The Kier molecular flexibility index (Phi) is 7.04. The van der Waals surface area contributed by atoms with Crippen LogP contribution in [0.25, 0.3) is 11.0 Å². The standard InChI is InChI=1S/C24H23NO5S2/c1-28-15-9-10-20(29-2)17(12-15)19(26)13-25-24(27)23-18(14-32-22-8-5-11-31-22)16-6-3-4-7-21(16)30-23/h3-12,19,26H,13-14H2,1-2H3,(H,25,27). The second kappa shape index (κ2) is 10.1. The molecule has 2 N–H and O–H groups in total. The summed E-state index contributed by atoms with van der Waals surface area (Å²) in [6.07, 6.45) is -0.975. The maximum absolute atomic E-state index is 13.0. The minimum atomic E-state index is -0.975. The molecule has 2 heterocycles. The van der Waals surface area contributed by atoms with Crippen LogP contribution in [-0.2, 0) is 5.75 Å². The van der Waals surface area contributed by atoms with Gasteiger partial charge >= 0.3 is 0 Å². The van der Waals surface area contributed by atoms with Crippen LogP contribution in [0.5, 0.6) is 11.5 Å². The van der Waals surface area contributed by atoms with Crippen LogP contribution in [0.15, 0.2) is 68.6 Å². The van der Waals surface area contributed by atoms with Crippen LogP contribution >= 0.6 is 23.1 Å². The summed E-state index contributed by atoms with van der Waals surface area (Å²) >= 11 is 3.32. The average molecular weight is 470 g/mol. The third kappa shape index (κ3) is 4.77. The Labute approximate surface area is 194 Å². The number of aliphatic hydroxyl groups is 1.